The van der Waals surface area contributed by atoms with Crippen molar-refractivity contribution in [2.75, 3.05) is 0 Å². The van der Waals surface area contributed by atoms with Gasteiger partial charge in [0.1, 0.15) is 10.6 Å². The lowest BCUT2D eigenvalue weighted by atomic mass is 10.1. The average Bonchev–Trinajstić information content (AvgIpc) is 2.11. The Balaban J connectivity index is 2.78. The molecule has 14 heavy (non-hydrogen) atoms. The van der Waals surface area contributed by atoms with E-state index in [1.54, 1.807) is 0 Å². The largest absolute Gasteiger partial charge is 0.480 e. The van der Waals surface area contributed by atoms with E-state index in [0.29, 0.717) is 5.69 Å². The van der Waals surface area contributed by atoms with E-state index in [2.05, 4.69) is 20.9 Å². The maximum absolute atomic E-state index is 12.7. The zero-order valence-corrected chi connectivity index (χ0v) is 8.66. The van der Waals surface area contributed by atoms with Gasteiger partial charge >= 0.3 is 5.97 Å². The van der Waals surface area contributed by atoms with Crippen molar-refractivity contribution in [3.8, 4) is 0 Å². The smallest absolute Gasteiger partial charge is 0.320 e. The number of hydrogen-bond donors (Lipinski definition) is 2. The number of rotatable bonds is 3. The van der Waals surface area contributed by atoms with Crippen LogP contribution >= 0.6 is 15.9 Å². The minimum absolute atomic E-state index is 0.0626. The van der Waals surface area contributed by atoms with Crippen LogP contribution in [0.5, 0.6) is 0 Å². The monoisotopic (exact) mass is 262 g/mol. The molecule has 1 rings (SSSR count). The van der Waals surface area contributed by atoms with E-state index in [1.807, 2.05) is 0 Å². The van der Waals surface area contributed by atoms with E-state index in [9.17, 15) is 9.18 Å². The molecule has 0 amide bonds. The van der Waals surface area contributed by atoms with Gasteiger partial charge in [-0.1, -0.05) is 0 Å². The SMILES string of the molecule is NC(Cc1ccc(F)c(Br)n1)C(=O)O. The topological polar surface area (TPSA) is 76.2 Å². The Labute approximate surface area is 88.1 Å². The third-order valence-corrected chi connectivity index (χ3v) is 2.16. The molecule has 0 bridgehead atoms. The van der Waals surface area contributed by atoms with Crippen molar-refractivity contribution >= 4 is 21.9 Å². The number of aliphatic carboxylic acids is 1. The number of hydrogen-bond acceptors (Lipinski definition) is 3. The molecule has 1 aromatic rings. The highest BCUT2D eigenvalue weighted by Crippen LogP contribution is 2.13. The van der Waals surface area contributed by atoms with Crippen molar-refractivity contribution in [2.24, 2.45) is 5.73 Å². The zero-order chi connectivity index (χ0) is 10.7. The minimum Gasteiger partial charge on any atom is -0.480 e. The fourth-order valence-corrected chi connectivity index (χ4v) is 1.24. The van der Waals surface area contributed by atoms with E-state index in [4.69, 9.17) is 10.8 Å². The number of nitrogens with zero attached hydrogens (tertiary/aromatic N) is 1. The summed E-state index contributed by atoms with van der Waals surface area (Å²) in [7, 11) is 0. The summed E-state index contributed by atoms with van der Waals surface area (Å²) < 4.78 is 12.8. The summed E-state index contributed by atoms with van der Waals surface area (Å²) in [6.45, 7) is 0. The van der Waals surface area contributed by atoms with Crippen LogP contribution in [0, 0.1) is 5.82 Å². The molecule has 0 saturated heterocycles. The van der Waals surface area contributed by atoms with Gasteiger partial charge in [0.25, 0.3) is 0 Å². The molecule has 3 N–H and O–H groups in total. The molecule has 4 nitrogen and oxygen atoms in total. The van der Waals surface area contributed by atoms with Crippen LogP contribution in [0.25, 0.3) is 0 Å². The van der Waals surface area contributed by atoms with Gasteiger partial charge in [-0.05, 0) is 28.1 Å². The molecule has 0 saturated carbocycles. The quantitative estimate of drug-likeness (QED) is 0.795. The fraction of sp³-hybridized carbons (Fsp3) is 0.250. The third-order valence-electron chi connectivity index (χ3n) is 1.61. The van der Waals surface area contributed by atoms with E-state index >= 15 is 0 Å². The number of pyridine rings is 1. The van der Waals surface area contributed by atoms with Crippen molar-refractivity contribution in [1.29, 1.82) is 0 Å². The number of carboxylic acids is 1. The summed E-state index contributed by atoms with van der Waals surface area (Å²) in [6, 6.07) is 1.60. The first-order chi connectivity index (χ1) is 6.50. The number of carbonyl (C=O) groups is 1. The summed E-state index contributed by atoms with van der Waals surface area (Å²) in [5, 5.41) is 8.53. The first-order valence-corrected chi connectivity index (χ1v) is 4.59. The van der Waals surface area contributed by atoms with Crippen LogP contribution < -0.4 is 5.73 Å². The number of carboxylic acid groups (broad SMARTS) is 1. The van der Waals surface area contributed by atoms with E-state index in [-0.39, 0.29) is 11.0 Å². The maximum Gasteiger partial charge on any atom is 0.320 e. The maximum atomic E-state index is 12.7. The van der Waals surface area contributed by atoms with Crippen LogP contribution in [0.4, 0.5) is 4.39 Å². The molecule has 0 aromatic carbocycles. The van der Waals surface area contributed by atoms with Crippen molar-refractivity contribution in [3.05, 3.63) is 28.2 Å². The fourth-order valence-electron chi connectivity index (χ4n) is 0.881. The number of nitrogens with two attached hydrogens (primary N) is 1. The normalized spacial score (nSPS) is 12.5. The van der Waals surface area contributed by atoms with Gasteiger partial charge in [0.2, 0.25) is 0 Å². The first-order valence-electron chi connectivity index (χ1n) is 3.80. The molecular formula is C8H8BrFN2O2. The van der Waals surface area contributed by atoms with Crippen LogP contribution in [0.15, 0.2) is 16.7 Å². The summed E-state index contributed by atoms with van der Waals surface area (Å²) in [5.41, 5.74) is 5.73. The van der Waals surface area contributed by atoms with Gasteiger partial charge in [-0.2, -0.15) is 0 Å². The molecule has 76 valence electrons. The highest BCUT2D eigenvalue weighted by atomic mass is 79.9. The molecule has 1 heterocycles. The molecule has 0 aliphatic rings. The Morgan fingerprint density at radius 2 is 2.36 bits per heavy atom. The molecule has 0 aliphatic heterocycles. The van der Waals surface area contributed by atoms with Gasteiger partial charge in [0.05, 0.1) is 0 Å². The lowest BCUT2D eigenvalue weighted by Crippen LogP contribution is -2.32. The number of aromatic nitrogens is 1. The third kappa shape index (κ3) is 2.74. The summed E-state index contributed by atoms with van der Waals surface area (Å²) in [6.07, 6.45) is 0.0776. The van der Waals surface area contributed by atoms with Crippen LogP contribution in [0.3, 0.4) is 0 Å². The molecule has 1 atom stereocenters. The van der Waals surface area contributed by atoms with E-state index in [0.717, 1.165) is 0 Å². The molecule has 6 heteroatoms. The molecule has 1 aromatic heterocycles. The predicted octanol–water partition coefficient (Wildman–Crippen LogP) is 0.938. The van der Waals surface area contributed by atoms with E-state index in [1.165, 1.54) is 12.1 Å². The van der Waals surface area contributed by atoms with Crippen LogP contribution in [0.1, 0.15) is 5.69 Å². The molecule has 1 unspecified atom stereocenters. The average molecular weight is 263 g/mol. The van der Waals surface area contributed by atoms with Crippen molar-refractivity contribution in [2.45, 2.75) is 12.5 Å². The van der Waals surface area contributed by atoms with Crippen molar-refractivity contribution in [3.63, 3.8) is 0 Å². The highest BCUT2D eigenvalue weighted by molar-refractivity contribution is 9.10. The predicted molar refractivity (Wildman–Crippen MR) is 51.2 cm³/mol. The van der Waals surface area contributed by atoms with Gasteiger partial charge in [-0.15, -0.1) is 0 Å². The van der Waals surface area contributed by atoms with Gasteiger partial charge in [0.15, 0.2) is 5.82 Å². The van der Waals surface area contributed by atoms with Gasteiger partial charge in [0, 0.05) is 12.1 Å². The second kappa shape index (κ2) is 4.47. The van der Waals surface area contributed by atoms with Gasteiger partial charge in [-0.25, -0.2) is 9.37 Å². The Kier molecular flexibility index (Phi) is 3.54. The standard InChI is InChI=1S/C8H8BrFN2O2/c9-7-5(10)2-1-4(12-7)3-6(11)8(13)14/h1-2,6H,3,11H2,(H,13,14). The number of halogens is 2. The minimum atomic E-state index is -1.10. The second-order valence-corrected chi connectivity index (χ2v) is 3.48. The lowest BCUT2D eigenvalue weighted by Gasteiger charge is -2.05. The van der Waals surface area contributed by atoms with Crippen molar-refractivity contribution in [1.82, 2.24) is 4.98 Å². The second-order valence-electron chi connectivity index (χ2n) is 2.72. The van der Waals surface area contributed by atoms with Crippen LogP contribution in [-0.4, -0.2) is 22.1 Å². The molecule has 0 spiro atoms. The summed E-state index contributed by atoms with van der Waals surface area (Å²) >= 11 is 2.90. The van der Waals surface area contributed by atoms with Crippen LogP contribution in [0.2, 0.25) is 0 Å². The highest BCUT2D eigenvalue weighted by Gasteiger charge is 2.13. The molecule has 0 radical (unpaired) electrons. The first kappa shape index (κ1) is 11.1. The van der Waals surface area contributed by atoms with Crippen LogP contribution in [-0.2, 0) is 11.2 Å². The Bertz CT molecular complexity index is 359. The molecular weight excluding hydrogens is 255 g/mol. The summed E-state index contributed by atoms with van der Waals surface area (Å²) in [4.78, 5) is 14.2. The Morgan fingerprint density at radius 1 is 1.71 bits per heavy atom. The Morgan fingerprint density at radius 3 is 2.86 bits per heavy atom. The van der Waals surface area contributed by atoms with Crippen molar-refractivity contribution < 1.29 is 14.3 Å². The van der Waals surface area contributed by atoms with E-state index < -0.39 is 17.8 Å². The van der Waals surface area contributed by atoms with Gasteiger partial charge < -0.3 is 10.8 Å². The lowest BCUT2D eigenvalue weighted by molar-refractivity contribution is -0.138. The zero-order valence-electron chi connectivity index (χ0n) is 7.08. The molecule has 0 fully saturated rings. The molecule has 0 aliphatic carbocycles. The van der Waals surface area contributed by atoms with Gasteiger partial charge in [-0.3, -0.25) is 4.79 Å². The Hall–Kier alpha value is -1.01. The summed E-state index contributed by atoms with van der Waals surface area (Å²) in [5.74, 6) is -1.59.